The van der Waals surface area contributed by atoms with Gasteiger partial charge in [0.1, 0.15) is 12.3 Å². The van der Waals surface area contributed by atoms with E-state index in [-0.39, 0.29) is 18.1 Å². The van der Waals surface area contributed by atoms with Crippen molar-refractivity contribution >= 4 is 38.9 Å². The number of rotatable bonds is 10. The highest BCUT2D eigenvalue weighted by Crippen LogP contribution is 2.27. The second kappa shape index (κ2) is 11.5. The van der Waals surface area contributed by atoms with Crippen LogP contribution in [0.2, 0.25) is 10.0 Å². The summed E-state index contributed by atoms with van der Waals surface area (Å²) in [5.74, 6) is 0.240. The van der Waals surface area contributed by atoms with Crippen LogP contribution < -0.4 is 15.2 Å². The maximum atomic E-state index is 13.3. The van der Waals surface area contributed by atoms with E-state index >= 15 is 0 Å². The predicted molar refractivity (Wildman–Crippen MR) is 130 cm³/mol. The zero-order valence-corrected chi connectivity index (χ0v) is 21.0. The highest BCUT2D eigenvalue weighted by molar-refractivity contribution is 7.89. The molecule has 0 radical (unpaired) electrons. The Morgan fingerprint density at radius 1 is 1.03 bits per heavy atom. The van der Waals surface area contributed by atoms with E-state index in [1.54, 1.807) is 24.4 Å². The Labute approximate surface area is 203 Å². The van der Waals surface area contributed by atoms with Gasteiger partial charge in [-0.25, -0.2) is 8.42 Å². The Morgan fingerprint density at radius 2 is 1.70 bits per heavy atom. The largest absolute Gasteiger partial charge is 0.484 e. The molecule has 0 spiro atoms. The molecule has 0 unspecified atom stereocenters. The van der Waals surface area contributed by atoms with Crippen LogP contribution >= 0.6 is 23.2 Å². The summed E-state index contributed by atoms with van der Waals surface area (Å²) in [5.41, 5.74) is 0.450. The molecule has 1 aromatic heterocycles. The third-order valence-electron chi connectivity index (χ3n) is 5.12. The molecule has 2 heterocycles. The summed E-state index contributed by atoms with van der Waals surface area (Å²) in [4.78, 5) is 15.3. The number of aromatic nitrogens is 2. The Hall–Kier alpha value is -1.85. The van der Waals surface area contributed by atoms with E-state index in [0.29, 0.717) is 67.2 Å². The van der Waals surface area contributed by atoms with Crippen LogP contribution in [-0.2, 0) is 14.8 Å². The second-order valence-corrected chi connectivity index (χ2v) is 10.4. The van der Waals surface area contributed by atoms with E-state index in [1.165, 1.54) is 8.99 Å². The molecule has 1 aliphatic heterocycles. The first kappa shape index (κ1) is 25.8. The topological polar surface area (TPSA) is 94.0 Å². The Bertz CT molecular complexity index is 1100. The minimum absolute atomic E-state index is 0.116. The van der Waals surface area contributed by atoms with Gasteiger partial charge in [-0.1, -0.05) is 30.1 Å². The highest BCUT2D eigenvalue weighted by Gasteiger charge is 2.28. The predicted octanol–water partition coefficient (Wildman–Crippen LogP) is 2.82. The summed E-state index contributed by atoms with van der Waals surface area (Å²) in [6.45, 7) is 6.24. The van der Waals surface area contributed by atoms with Gasteiger partial charge >= 0.3 is 5.56 Å². The molecule has 1 aromatic carbocycles. The molecular formula is C21H28Cl2N4O5S. The molecule has 182 valence electrons. The van der Waals surface area contributed by atoms with Crippen molar-refractivity contribution in [2.24, 2.45) is 0 Å². The molecule has 0 amide bonds. The van der Waals surface area contributed by atoms with Gasteiger partial charge in [-0.2, -0.15) is 14.1 Å². The molecular weight excluding hydrogens is 491 g/mol. The number of piperazine rings is 1. The lowest BCUT2D eigenvalue weighted by molar-refractivity contribution is 0.109. The number of anilines is 1. The van der Waals surface area contributed by atoms with Crippen LogP contribution in [0.5, 0.6) is 5.75 Å². The van der Waals surface area contributed by atoms with E-state index in [2.05, 4.69) is 5.10 Å². The molecule has 1 aliphatic rings. The maximum Gasteiger partial charge on any atom is 0.316 e. The van der Waals surface area contributed by atoms with Gasteiger partial charge in [-0.15, -0.1) is 0 Å². The van der Waals surface area contributed by atoms with Crippen LogP contribution in [0, 0.1) is 0 Å². The number of ether oxygens (including phenoxy) is 2. The first-order valence-corrected chi connectivity index (χ1v) is 13.2. The lowest BCUT2D eigenvalue weighted by Gasteiger charge is -2.35. The van der Waals surface area contributed by atoms with E-state index in [4.69, 9.17) is 32.7 Å². The van der Waals surface area contributed by atoms with Crippen LogP contribution in [0.25, 0.3) is 5.69 Å². The number of halogens is 2. The Balaban J connectivity index is 1.91. The molecule has 9 nitrogen and oxygen atoms in total. The van der Waals surface area contributed by atoms with Crippen LogP contribution in [0.3, 0.4) is 0 Å². The summed E-state index contributed by atoms with van der Waals surface area (Å²) < 4.78 is 38.6. The van der Waals surface area contributed by atoms with Gasteiger partial charge in [0.25, 0.3) is 0 Å². The maximum absolute atomic E-state index is 13.3. The van der Waals surface area contributed by atoms with Crippen LogP contribution in [-0.4, -0.2) is 74.3 Å². The van der Waals surface area contributed by atoms with Gasteiger partial charge in [-0.3, -0.25) is 4.79 Å². The van der Waals surface area contributed by atoms with Crippen LogP contribution in [0.1, 0.15) is 20.3 Å². The molecule has 0 aliphatic carbocycles. The summed E-state index contributed by atoms with van der Waals surface area (Å²) in [5, 5.41) is 5.06. The minimum Gasteiger partial charge on any atom is -0.484 e. The molecule has 0 N–H and O–H groups in total. The average Bonchev–Trinajstić information content (AvgIpc) is 2.77. The first-order valence-electron chi connectivity index (χ1n) is 10.8. The van der Waals surface area contributed by atoms with E-state index in [1.807, 2.05) is 18.7 Å². The molecule has 2 aromatic rings. The monoisotopic (exact) mass is 518 g/mol. The SMILES string of the molecule is CCCS(=O)(=O)N1CCN(c2cnn(-c3cc(Cl)cc(Cl)c3)c(=O)c2OCCOCC)CC1. The fourth-order valence-corrected chi connectivity index (χ4v) is 5.59. The summed E-state index contributed by atoms with van der Waals surface area (Å²) in [7, 11) is -3.28. The first-order chi connectivity index (χ1) is 15.8. The normalized spacial score (nSPS) is 15.1. The number of hydrogen-bond acceptors (Lipinski definition) is 7. The molecule has 33 heavy (non-hydrogen) atoms. The third-order valence-corrected chi connectivity index (χ3v) is 7.63. The fraction of sp³-hybridized carbons (Fsp3) is 0.524. The van der Waals surface area contributed by atoms with E-state index in [0.717, 1.165) is 0 Å². The van der Waals surface area contributed by atoms with Crippen molar-refractivity contribution in [1.82, 2.24) is 14.1 Å². The summed E-state index contributed by atoms with van der Waals surface area (Å²) in [6.07, 6.45) is 2.11. The lowest BCUT2D eigenvalue weighted by atomic mass is 10.3. The zero-order valence-electron chi connectivity index (χ0n) is 18.7. The second-order valence-electron chi connectivity index (χ2n) is 7.45. The lowest BCUT2D eigenvalue weighted by Crippen LogP contribution is -2.49. The number of benzene rings is 1. The molecule has 12 heteroatoms. The number of nitrogens with zero attached hydrogens (tertiary/aromatic N) is 4. The Kier molecular flexibility index (Phi) is 9.00. The van der Waals surface area contributed by atoms with Crippen LogP contribution in [0.15, 0.2) is 29.2 Å². The number of hydrogen-bond donors (Lipinski definition) is 0. The fourth-order valence-electron chi connectivity index (χ4n) is 3.58. The van der Waals surface area contributed by atoms with E-state index in [9.17, 15) is 13.2 Å². The van der Waals surface area contributed by atoms with Gasteiger partial charge < -0.3 is 14.4 Å². The smallest absolute Gasteiger partial charge is 0.316 e. The van der Waals surface area contributed by atoms with Crippen molar-refractivity contribution in [3.05, 3.63) is 44.8 Å². The molecule has 0 bridgehead atoms. The van der Waals surface area contributed by atoms with E-state index < -0.39 is 15.6 Å². The molecule has 0 saturated carbocycles. The van der Waals surface area contributed by atoms with Gasteiger partial charge in [0.15, 0.2) is 0 Å². The van der Waals surface area contributed by atoms with Crippen molar-refractivity contribution in [2.75, 3.05) is 56.7 Å². The van der Waals surface area contributed by atoms with Crippen molar-refractivity contribution in [3.63, 3.8) is 0 Å². The highest BCUT2D eigenvalue weighted by atomic mass is 35.5. The summed E-state index contributed by atoms with van der Waals surface area (Å²) in [6, 6.07) is 4.74. The number of sulfonamides is 1. The van der Waals surface area contributed by atoms with Gasteiger partial charge in [-0.05, 0) is 31.5 Å². The molecule has 3 rings (SSSR count). The van der Waals surface area contributed by atoms with Gasteiger partial charge in [0.05, 0.1) is 24.2 Å². The standard InChI is InChI=1S/C21H28Cl2N4O5S/c1-3-11-33(29,30)26-7-5-25(6-8-26)19-15-24-27(18-13-16(22)12-17(23)14-18)21(28)20(19)32-10-9-31-4-2/h12-15H,3-11H2,1-2H3. The van der Waals surface area contributed by atoms with Crippen molar-refractivity contribution in [2.45, 2.75) is 20.3 Å². The molecule has 1 fully saturated rings. The van der Waals surface area contributed by atoms with Crippen LogP contribution in [0.4, 0.5) is 5.69 Å². The van der Waals surface area contributed by atoms with Gasteiger partial charge in [0.2, 0.25) is 15.8 Å². The quantitative estimate of drug-likeness (QED) is 0.446. The van der Waals surface area contributed by atoms with Crippen molar-refractivity contribution < 1.29 is 17.9 Å². The molecule has 0 atom stereocenters. The zero-order chi connectivity index (χ0) is 24.0. The third kappa shape index (κ3) is 6.39. The Morgan fingerprint density at radius 3 is 2.30 bits per heavy atom. The van der Waals surface area contributed by atoms with Crippen molar-refractivity contribution in [1.29, 1.82) is 0 Å². The van der Waals surface area contributed by atoms with Gasteiger partial charge in [0, 0.05) is 42.8 Å². The average molecular weight is 519 g/mol. The minimum atomic E-state index is -3.28. The summed E-state index contributed by atoms with van der Waals surface area (Å²) >= 11 is 12.2. The molecule has 1 saturated heterocycles. The van der Waals surface area contributed by atoms with Crippen molar-refractivity contribution in [3.8, 4) is 11.4 Å².